The number of nitrogens with zero attached hydrogens (tertiary/aromatic N) is 1. The van der Waals surface area contributed by atoms with E-state index in [2.05, 4.69) is 24.5 Å². The van der Waals surface area contributed by atoms with Crippen LogP contribution in [0.3, 0.4) is 0 Å². The molecule has 0 saturated carbocycles. The zero-order valence-corrected chi connectivity index (χ0v) is 16.5. The van der Waals surface area contributed by atoms with Gasteiger partial charge in [-0.3, -0.25) is 9.59 Å². The van der Waals surface area contributed by atoms with Gasteiger partial charge in [0.25, 0.3) is 0 Å². The summed E-state index contributed by atoms with van der Waals surface area (Å²) in [5.41, 5.74) is 0.978. The summed E-state index contributed by atoms with van der Waals surface area (Å²) in [7, 11) is 1.85. The second-order valence-corrected chi connectivity index (χ2v) is 7.79. The van der Waals surface area contributed by atoms with E-state index in [0.29, 0.717) is 25.9 Å². The van der Waals surface area contributed by atoms with Crippen LogP contribution in [0.4, 0.5) is 0 Å². The van der Waals surface area contributed by atoms with Crippen LogP contribution in [0.5, 0.6) is 0 Å². The van der Waals surface area contributed by atoms with E-state index in [1.54, 1.807) is 0 Å². The number of rotatable bonds is 7. The molecule has 2 amide bonds. The average Bonchev–Trinajstić information content (AvgIpc) is 2.71. The minimum absolute atomic E-state index is 0.0442. The lowest BCUT2D eigenvalue weighted by molar-refractivity contribution is -0.140. The molecule has 0 radical (unpaired) electrons. The Kier molecular flexibility index (Phi) is 7.21. The quantitative estimate of drug-likeness (QED) is 0.786. The van der Waals surface area contributed by atoms with E-state index in [1.165, 1.54) is 0 Å². The van der Waals surface area contributed by atoms with E-state index in [4.69, 9.17) is 0 Å². The molecule has 1 aliphatic heterocycles. The molecule has 1 aliphatic rings. The maximum Gasteiger partial charge on any atom is 0.245 e. The summed E-state index contributed by atoms with van der Waals surface area (Å²) >= 11 is 0. The first-order valence-electron chi connectivity index (χ1n) is 9.69. The molecule has 1 heterocycles. The Morgan fingerprint density at radius 3 is 2.62 bits per heavy atom. The summed E-state index contributed by atoms with van der Waals surface area (Å²) in [5.74, 6) is -0.190. The molecule has 26 heavy (non-hydrogen) atoms. The smallest absolute Gasteiger partial charge is 0.245 e. The van der Waals surface area contributed by atoms with Crippen LogP contribution in [-0.2, 0) is 16.0 Å². The van der Waals surface area contributed by atoms with Crippen LogP contribution in [-0.4, -0.2) is 48.4 Å². The highest BCUT2D eigenvalue weighted by molar-refractivity contribution is 5.89. The van der Waals surface area contributed by atoms with Gasteiger partial charge in [-0.1, -0.05) is 30.3 Å². The van der Waals surface area contributed by atoms with Gasteiger partial charge in [0, 0.05) is 18.6 Å². The fourth-order valence-electron chi connectivity index (χ4n) is 3.89. The van der Waals surface area contributed by atoms with Crippen molar-refractivity contribution in [2.45, 2.75) is 58.0 Å². The van der Waals surface area contributed by atoms with Crippen molar-refractivity contribution in [2.75, 3.05) is 20.1 Å². The van der Waals surface area contributed by atoms with Crippen molar-refractivity contribution in [2.24, 2.45) is 5.92 Å². The Hall–Kier alpha value is -1.88. The molecular weight excluding hydrogens is 326 g/mol. The van der Waals surface area contributed by atoms with Gasteiger partial charge in [0.2, 0.25) is 11.8 Å². The van der Waals surface area contributed by atoms with E-state index in [0.717, 1.165) is 18.4 Å². The normalized spacial score (nSPS) is 21.2. The van der Waals surface area contributed by atoms with E-state index in [-0.39, 0.29) is 23.3 Å². The van der Waals surface area contributed by atoms with Gasteiger partial charge in [0.15, 0.2) is 0 Å². The third kappa shape index (κ3) is 5.07. The molecule has 1 saturated heterocycles. The number of hydrogen-bond acceptors (Lipinski definition) is 3. The van der Waals surface area contributed by atoms with Gasteiger partial charge in [0.05, 0.1) is 5.92 Å². The first kappa shape index (κ1) is 20.4. The number of carbonyl (C=O) groups excluding carboxylic acids is 2. The minimum Gasteiger partial charge on any atom is -0.344 e. The maximum atomic E-state index is 13.0. The second kappa shape index (κ2) is 9.17. The Labute approximate surface area is 157 Å². The maximum absolute atomic E-state index is 13.0. The second-order valence-electron chi connectivity index (χ2n) is 7.79. The lowest BCUT2D eigenvalue weighted by atomic mass is 9.97. The summed E-state index contributed by atoms with van der Waals surface area (Å²) in [5, 5.41) is 6.15. The lowest BCUT2D eigenvalue weighted by Gasteiger charge is -2.37. The topological polar surface area (TPSA) is 61.4 Å². The van der Waals surface area contributed by atoms with E-state index < -0.39 is 6.04 Å². The van der Waals surface area contributed by atoms with Gasteiger partial charge in [-0.05, 0) is 59.1 Å². The standard InChI is InChI=1S/C21H33N3O2/c1-5-24-20(26)18(12-9-13-21(24,2)3)23-19(25)17(15-22-4)14-16-10-7-6-8-11-16/h6-8,10-11,17-18,22H,5,9,12-15H2,1-4H3,(H,23,25)/t17-,18+/m1/s1. The van der Waals surface area contributed by atoms with Crippen LogP contribution in [0.15, 0.2) is 30.3 Å². The lowest BCUT2D eigenvalue weighted by Crippen LogP contribution is -2.54. The van der Waals surface area contributed by atoms with Gasteiger partial charge >= 0.3 is 0 Å². The Balaban J connectivity index is 2.08. The molecule has 0 aromatic heterocycles. The van der Waals surface area contributed by atoms with E-state index >= 15 is 0 Å². The third-order valence-electron chi connectivity index (χ3n) is 5.36. The van der Waals surface area contributed by atoms with Crippen molar-refractivity contribution < 1.29 is 9.59 Å². The number of nitrogens with one attached hydrogen (secondary N) is 2. The molecule has 2 N–H and O–H groups in total. The van der Waals surface area contributed by atoms with E-state index in [9.17, 15) is 9.59 Å². The van der Waals surface area contributed by atoms with Gasteiger partial charge in [-0.2, -0.15) is 0 Å². The van der Waals surface area contributed by atoms with Crippen LogP contribution in [0, 0.1) is 5.92 Å². The zero-order chi connectivity index (χ0) is 19.2. The molecule has 2 rings (SSSR count). The molecule has 0 aliphatic carbocycles. The number of amides is 2. The van der Waals surface area contributed by atoms with Crippen molar-refractivity contribution in [1.29, 1.82) is 0 Å². The Morgan fingerprint density at radius 1 is 1.31 bits per heavy atom. The van der Waals surface area contributed by atoms with Crippen molar-refractivity contribution >= 4 is 11.8 Å². The molecule has 0 spiro atoms. The average molecular weight is 360 g/mol. The van der Waals surface area contributed by atoms with Crippen molar-refractivity contribution in [1.82, 2.24) is 15.5 Å². The van der Waals surface area contributed by atoms with Gasteiger partial charge in [-0.25, -0.2) is 0 Å². The summed E-state index contributed by atoms with van der Waals surface area (Å²) in [4.78, 5) is 27.8. The third-order valence-corrected chi connectivity index (χ3v) is 5.36. The zero-order valence-electron chi connectivity index (χ0n) is 16.5. The Bertz CT molecular complexity index is 601. The van der Waals surface area contributed by atoms with Crippen LogP contribution in [0.1, 0.15) is 45.6 Å². The fraction of sp³-hybridized carbons (Fsp3) is 0.619. The molecule has 1 fully saturated rings. The molecule has 1 aromatic carbocycles. The van der Waals surface area contributed by atoms with Gasteiger partial charge in [0.1, 0.15) is 6.04 Å². The highest BCUT2D eigenvalue weighted by Crippen LogP contribution is 2.27. The molecule has 5 nitrogen and oxygen atoms in total. The summed E-state index contributed by atoms with van der Waals surface area (Å²) < 4.78 is 0. The number of likely N-dealkylation sites (tertiary alicyclic amines) is 1. The predicted molar refractivity (Wildman–Crippen MR) is 105 cm³/mol. The van der Waals surface area contributed by atoms with E-state index in [1.807, 2.05) is 49.2 Å². The number of benzene rings is 1. The first-order valence-corrected chi connectivity index (χ1v) is 9.69. The van der Waals surface area contributed by atoms with Gasteiger partial charge in [-0.15, -0.1) is 0 Å². The predicted octanol–water partition coefficient (Wildman–Crippen LogP) is 2.36. The van der Waals surface area contributed by atoms with Crippen LogP contribution >= 0.6 is 0 Å². The number of carbonyl (C=O) groups is 2. The van der Waals surface area contributed by atoms with Crippen molar-refractivity contribution in [3.63, 3.8) is 0 Å². The van der Waals surface area contributed by atoms with Crippen LogP contribution in [0.2, 0.25) is 0 Å². The largest absolute Gasteiger partial charge is 0.344 e. The highest BCUT2D eigenvalue weighted by Gasteiger charge is 2.37. The molecular formula is C21H33N3O2. The fourth-order valence-corrected chi connectivity index (χ4v) is 3.89. The minimum atomic E-state index is -0.417. The molecule has 0 bridgehead atoms. The first-order chi connectivity index (χ1) is 12.4. The number of likely N-dealkylation sites (N-methyl/N-ethyl adjacent to an activating group) is 1. The summed E-state index contributed by atoms with van der Waals surface area (Å²) in [6.45, 7) is 7.48. The molecule has 5 heteroatoms. The summed E-state index contributed by atoms with van der Waals surface area (Å²) in [6.07, 6.45) is 3.28. The van der Waals surface area contributed by atoms with Crippen molar-refractivity contribution in [3.8, 4) is 0 Å². The molecule has 2 atom stereocenters. The molecule has 1 aromatic rings. The Morgan fingerprint density at radius 2 is 2.00 bits per heavy atom. The van der Waals surface area contributed by atoms with Crippen molar-refractivity contribution in [3.05, 3.63) is 35.9 Å². The SMILES string of the molecule is CCN1C(=O)[C@@H](NC(=O)[C@@H](CNC)Cc2ccccc2)CCCC1(C)C. The highest BCUT2D eigenvalue weighted by atomic mass is 16.2. The number of hydrogen-bond donors (Lipinski definition) is 2. The molecule has 0 unspecified atom stereocenters. The van der Waals surface area contributed by atoms with Crippen LogP contribution in [0.25, 0.3) is 0 Å². The monoisotopic (exact) mass is 359 g/mol. The summed E-state index contributed by atoms with van der Waals surface area (Å²) in [6, 6.07) is 9.60. The van der Waals surface area contributed by atoms with Crippen LogP contribution < -0.4 is 10.6 Å². The van der Waals surface area contributed by atoms with Gasteiger partial charge < -0.3 is 15.5 Å². The molecule has 144 valence electrons.